The van der Waals surface area contributed by atoms with Crippen LogP contribution >= 0.6 is 0 Å². The van der Waals surface area contributed by atoms with E-state index in [1.54, 1.807) is 29.8 Å². The van der Waals surface area contributed by atoms with E-state index in [4.69, 9.17) is 14.2 Å². The summed E-state index contributed by atoms with van der Waals surface area (Å²) in [5.74, 6) is 1.81. The zero-order valence-corrected chi connectivity index (χ0v) is 13.9. The predicted molar refractivity (Wildman–Crippen MR) is 83.3 cm³/mol. The number of aryl methyl sites for hydroxylation is 1. The first-order chi connectivity index (χ1) is 11.5. The molecular formula is C15H17N3O5S. The molecule has 2 aromatic rings. The molecule has 0 amide bonds. The molecular weight excluding hydrogens is 334 g/mol. The Morgan fingerprint density at radius 3 is 2.92 bits per heavy atom. The lowest BCUT2D eigenvalue weighted by atomic mass is 10.3. The molecule has 9 heteroatoms. The zero-order chi connectivity index (χ0) is 16.7. The minimum Gasteiger partial charge on any atom is -0.474 e. The van der Waals surface area contributed by atoms with E-state index < -0.39 is 16.3 Å². The smallest absolute Gasteiger partial charge is 0.265 e. The maximum Gasteiger partial charge on any atom is 0.265 e. The number of nitrogens with zero attached hydrogens (tertiary/aromatic N) is 3. The molecule has 8 nitrogen and oxygen atoms in total. The van der Waals surface area contributed by atoms with Crippen molar-refractivity contribution in [1.29, 1.82) is 0 Å². The van der Waals surface area contributed by atoms with Gasteiger partial charge in [-0.05, 0) is 18.6 Å². The summed E-state index contributed by atoms with van der Waals surface area (Å²) >= 11 is 0. The van der Waals surface area contributed by atoms with Gasteiger partial charge in [-0.1, -0.05) is 0 Å². The summed E-state index contributed by atoms with van der Waals surface area (Å²) in [4.78, 5) is 3.96. The molecule has 24 heavy (non-hydrogen) atoms. The first kappa shape index (κ1) is 15.3. The topological polar surface area (TPSA) is 82.9 Å². The minimum absolute atomic E-state index is 0.0335. The molecule has 4 rings (SSSR count). The average molecular weight is 351 g/mol. The van der Waals surface area contributed by atoms with Gasteiger partial charge < -0.3 is 18.8 Å². The van der Waals surface area contributed by atoms with Crippen molar-refractivity contribution in [2.75, 3.05) is 13.3 Å². The van der Waals surface area contributed by atoms with Crippen molar-refractivity contribution in [1.82, 2.24) is 13.9 Å². The predicted octanol–water partition coefficient (Wildman–Crippen LogP) is 1.34. The van der Waals surface area contributed by atoms with E-state index >= 15 is 0 Å². The number of hydrogen-bond donors (Lipinski definition) is 0. The molecule has 1 saturated heterocycles. The molecule has 0 bridgehead atoms. The van der Waals surface area contributed by atoms with Crippen LogP contribution in [0.15, 0.2) is 35.7 Å². The van der Waals surface area contributed by atoms with Crippen molar-refractivity contribution < 1.29 is 22.6 Å². The lowest BCUT2D eigenvalue weighted by Crippen LogP contribution is -2.39. The van der Waals surface area contributed by atoms with Crippen LogP contribution in [-0.2, 0) is 17.1 Å². The standard InChI is InChI=1S/C15H17N3O5S/c1-17-8-14(16-9-17)24(19,20)18-6-2-3-15(18)23-11-4-5-12-13(7-11)22-10-21-12/h4-5,7-9,15H,2-3,6,10H2,1H3/t15-/m0/s1. The summed E-state index contributed by atoms with van der Waals surface area (Å²) in [7, 11) is -1.95. The van der Waals surface area contributed by atoms with E-state index in [-0.39, 0.29) is 11.8 Å². The summed E-state index contributed by atoms with van der Waals surface area (Å²) in [5, 5.41) is 0.0335. The van der Waals surface area contributed by atoms with Gasteiger partial charge in [-0.3, -0.25) is 0 Å². The molecule has 0 aliphatic carbocycles. The highest BCUT2D eigenvalue weighted by molar-refractivity contribution is 7.89. The Hall–Kier alpha value is -2.26. The molecule has 1 aromatic heterocycles. The summed E-state index contributed by atoms with van der Waals surface area (Å²) in [6.07, 6.45) is 3.77. The third-order valence-electron chi connectivity index (χ3n) is 4.02. The minimum atomic E-state index is -3.68. The van der Waals surface area contributed by atoms with Crippen LogP contribution in [0.2, 0.25) is 0 Å². The van der Waals surface area contributed by atoms with Gasteiger partial charge in [-0.2, -0.15) is 4.31 Å². The third kappa shape index (κ3) is 2.59. The highest BCUT2D eigenvalue weighted by Crippen LogP contribution is 2.36. The van der Waals surface area contributed by atoms with Crippen LogP contribution in [0.1, 0.15) is 12.8 Å². The Morgan fingerprint density at radius 2 is 2.12 bits per heavy atom. The van der Waals surface area contributed by atoms with Crippen LogP contribution < -0.4 is 14.2 Å². The zero-order valence-electron chi connectivity index (χ0n) is 13.1. The fourth-order valence-corrected chi connectivity index (χ4v) is 4.40. The van der Waals surface area contributed by atoms with Crippen LogP contribution in [-0.4, -0.2) is 41.8 Å². The van der Waals surface area contributed by atoms with Crippen LogP contribution in [0.4, 0.5) is 0 Å². The van der Waals surface area contributed by atoms with E-state index in [1.165, 1.54) is 16.8 Å². The monoisotopic (exact) mass is 351 g/mol. The van der Waals surface area contributed by atoms with Crippen molar-refractivity contribution in [3.05, 3.63) is 30.7 Å². The molecule has 0 saturated carbocycles. The largest absolute Gasteiger partial charge is 0.474 e. The highest BCUT2D eigenvalue weighted by Gasteiger charge is 2.38. The Bertz CT molecular complexity index is 864. The fourth-order valence-electron chi connectivity index (χ4n) is 2.85. The van der Waals surface area contributed by atoms with Crippen molar-refractivity contribution >= 4 is 10.0 Å². The Kier molecular flexibility index (Phi) is 3.61. The van der Waals surface area contributed by atoms with Crippen LogP contribution in [0, 0.1) is 0 Å². The second-order valence-electron chi connectivity index (χ2n) is 5.72. The first-order valence-electron chi connectivity index (χ1n) is 7.60. The lowest BCUT2D eigenvalue weighted by molar-refractivity contribution is 0.120. The van der Waals surface area contributed by atoms with E-state index in [0.29, 0.717) is 30.2 Å². The van der Waals surface area contributed by atoms with Gasteiger partial charge in [0.15, 0.2) is 22.8 Å². The van der Waals surface area contributed by atoms with Crippen molar-refractivity contribution in [2.24, 2.45) is 7.05 Å². The fraction of sp³-hybridized carbons (Fsp3) is 0.400. The molecule has 1 atom stereocenters. The quantitative estimate of drug-likeness (QED) is 0.827. The van der Waals surface area contributed by atoms with E-state index in [0.717, 1.165) is 6.42 Å². The Labute approximate surface area is 139 Å². The second-order valence-corrected chi connectivity index (χ2v) is 7.56. The van der Waals surface area contributed by atoms with Gasteiger partial charge in [0.2, 0.25) is 6.79 Å². The number of rotatable bonds is 4. The van der Waals surface area contributed by atoms with Gasteiger partial charge in [0.25, 0.3) is 10.0 Å². The maximum absolute atomic E-state index is 12.8. The number of fused-ring (bicyclic) bond motifs is 1. The number of benzene rings is 1. The second kappa shape index (κ2) is 5.67. The Morgan fingerprint density at radius 1 is 1.29 bits per heavy atom. The molecule has 0 unspecified atom stereocenters. The van der Waals surface area contributed by atoms with Gasteiger partial charge >= 0.3 is 0 Å². The van der Waals surface area contributed by atoms with Gasteiger partial charge in [0, 0.05) is 32.3 Å². The van der Waals surface area contributed by atoms with Gasteiger partial charge in [-0.15, -0.1) is 0 Å². The average Bonchev–Trinajstić information content (AvgIpc) is 3.26. The van der Waals surface area contributed by atoms with Crippen molar-refractivity contribution in [3.8, 4) is 17.2 Å². The van der Waals surface area contributed by atoms with Crippen LogP contribution in [0.5, 0.6) is 17.2 Å². The normalized spacial score (nSPS) is 20.5. The van der Waals surface area contributed by atoms with Gasteiger partial charge in [0.05, 0.1) is 6.33 Å². The highest BCUT2D eigenvalue weighted by atomic mass is 32.2. The van der Waals surface area contributed by atoms with E-state index in [1.807, 2.05) is 0 Å². The number of aromatic nitrogens is 2. The molecule has 2 aliphatic heterocycles. The molecule has 1 aromatic carbocycles. The summed E-state index contributed by atoms with van der Waals surface area (Å²) in [5.41, 5.74) is 0. The SMILES string of the molecule is Cn1cnc(S(=O)(=O)N2CCC[C@@H]2Oc2ccc3c(c2)OCO3)c1. The number of imidazole rings is 1. The molecule has 128 valence electrons. The molecule has 3 heterocycles. The number of ether oxygens (including phenoxy) is 3. The molecule has 0 N–H and O–H groups in total. The van der Waals surface area contributed by atoms with Crippen LogP contribution in [0.3, 0.4) is 0 Å². The van der Waals surface area contributed by atoms with Crippen molar-refractivity contribution in [3.63, 3.8) is 0 Å². The van der Waals surface area contributed by atoms with Crippen LogP contribution in [0.25, 0.3) is 0 Å². The summed E-state index contributed by atoms with van der Waals surface area (Å²) in [6, 6.07) is 5.22. The number of sulfonamides is 1. The lowest BCUT2D eigenvalue weighted by Gasteiger charge is -2.24. The van der Waals surface area contributed by atoms with Gasteiger partial charge in [-0.25, -0.2) is 13.4 Å². The maximum atomic E-state index is 12.8. The number of hydrogen-bond acceptors (Lipinski definition) is 6. The van der Waals surface area contributed by atoms with Gasteiger partial charge in [0.1, 0.15) is 5.75 Å². The van der Waals surface area contributed by atoms with E-state index in [9.17, 15) is 8.42 Å². The Balaban J connectivity index is 1.57. The molecule has 1 fully saturated rings. The van der Waals surface area contributed by atoms with Crippen molar-refractivity contribution in [2.45, 2.75) is 24.1 Å². The third-order valence-corrected chi connectivity index (χ3v) is 5.80. The molecule has 0 spiro atoms. The summed E-state index contributed by atoms with van der Waals surface area (Å²) in [6.45, 7) is 0.594. The van der Waals surface area contributed by atoms with E-state index in [2.05, 4.69) is 4.98 Å². The first-order valence-corrected chi connectivity index (χ1v) is 9.04. The summed E-state index contributed by atoms with van der Waals surface area (Å²) < 4.78 is 45.0. The molecule has 0 radical (unpaired) electrons. The molecule has 2 aliphatic rings.